The zero-order valence-electron chi connectivity index (χ0n) is 12.4. The van der Waals surface area contributed by atoms with E-state index in [1.54, 1.807) is 0 Å². The molecule has 0 aliphatic carbocycles. The number of hydrogen-bond donors (Lipinski definition) is 1. The molecule has 1 amide bonds. The van der Waals surface area contributed by atoms with Crippen molar-refractivity contribution in [3.8, 4) is 0 Å². The average molecular weight is 317 g/mol. The van der Waals surface area contributed by atoms with E-state index in [2.05, 4.69) is 5.32 Å². The maximum atomic E-state index is 12.5. The summed E-state index contributed by atoms with van der Waals surface area (Å²) in [6.07, 6.45) is 1.16. The van der Waals surface area contributed by atoms with Gasteiger partial charge < -0.3 is 5.32 Å². The molecule has 0 saturated heterocycles. The predicted molar refractivity (Wildman–Crippen MR) is 87.4 cm³/mol. The Morgan fingerprint density at radius 2 is 1.41 bits per heavy atom. The fraction of sp³-hybridized carbons (Fsp3) is 0.235. The van der Waals surface area contributed by atoms with Crippen molar-refractivity contribution in [2.75, 3.05) is 18.6 Å². The van der Waals surface area contributed by atoms with Crippen LogP contribution in [-0.4, -0.2) is 32.9 Å². The van der Waals surface area contributed by atoms with Gasteiger partial charge in [0.1, 0.15) is 9.84 Å². The minimum Gasteiger partial charge on any atom is -0.354 e. The van der Waals surface area contributed by atoms with E-state index in [1.165, 1.54) is 0 Å². The van der Waals surface area contributed by atoms with Crippen LogP contribution in [0.5, 0.6) is 0 Å². The summed E-state index contributed by atoms with van der Waals surface area (Å²) in [6.45, 7) is 0.119. The third kappa shape index (κ3) is 4.70. The highest BCUT2D eigenvalue weighted by atomic mass is 32.2. The van der Waals surface area contributed by atoms with Crippen molar-refractivity contribution < 1.29 is 13.2 Å². The molecule has 0 atom stereocenters. The summed E-state index contributed by atoms with van der Waals surface area (Å²) in [5.74, 6) is -0.697. The number of hydrogen-bond acceptors (Lipinski definition) is 3. The van der Waals surface area contributed by atoms with Crippen LogP contribution in [0.15, 0.2) is 60.7 Å². The Balaban J connectivity index is 2.20. The van der Waals surface area contributed by atoms with Gasteiger partial charge in [-0.15, -0.1) is 0 Å². The number of sulfone groups is 1. The lowest BCUT2D eigenvalue weighted by Gasteiger charge is -2.17. The first-order chi connectivity index (χ1) is 10.5. The molecule has 116 valence electrons. The SMILES string of the molecule is CS(=O)(=O)CCNC(=O)C(c1ccccc1)c1ccccc1. The van der Waals surface area contributed by atoms with Gasteiger partial charge in [0.15, 0.2) is 0 Å². The number of benzene rings is 2. The Bertz CT molecular complexity index is 673. The molecule has 0 saturated carbocycles. The molecule has 0 spiro atoms. The topological polar surface area (TPSA) is 63.2 Å². The highest BCUT2D eigenvalue weighted by molar-refractivity contribution is 7.90. The number of carbonyl (C=O) groups is 1. The first kappa shape index (κ1) is 16.2. The summed E-state index contributed by atoms with van der Waals surface area (Å²) in [5, 5.41) is 2.72. The van der Waals surface area contributed by atoms with Gasteiger partial charge in [0.05, 0.1) is 11.7 Å². The molecule has 2 aromatic carbocycles. The zero-order chi connectivity index (χ0) is 16.0. The van der Waals surface area contributed by atoms with Crippen molar-refractivity contribution in [2.45, 2.75) is 5.92 Å². The van der Waals surface area contributed by atoms with E-state index in [9.17, 15) is 13.2 Å². The lowest BCUT2D eigenvalue weighted by Crippen LogP contribution is -2.33. The van der Waals surface area contributed by atoms with Gasteiger partial charge in [0, 0.05) is 12.8 Å². The summed E-state index contributed by atoms with van der Waals surface area (Å²) in [7, 11) is -3.09. The molecular weight excluding hydrogens is 298 g/mol. The second-order valence-electron chi connectivity index (χ2n) is 5.18. The molecular formula is C17H19NO3S. The minimum absolute atomic E-state index is 0.0605. The van der Waals surface area contributed by atoms with Crippen LogP contribution in [0.4, 0.5) is 0 Å². The maximum absolute atomic E-state index is 12.5. The molecule has 0 heterocycles. The van der Waals surface area contributed by atoms with Crippen molar-refractivity contribution >= 4 is 15.7 Å². The quantitative estimate of drug-likeness (QED) is 0.886. The molecule has 4 nitrogen and oxygen atoms in total. The van der Waals surface area contributed by atoms with Gasteiger partial charge in [-0.25, -0.2) is 8.42 Å². The third-order valence-corrected chi connectivity index (χ3v) is 4.25. The van der Waals surface area contributed by atoms with Crippen molar-refractivity contribution in [1.82, 2.24) is 5.32 Å². The molecule has 0 fully saturated rings. The smallest absolute Gasteiger partial charge is 0.232 e. The fourth-order valence-electron chi connectivity index (χ4n) is 2.25. The number of rotatable bonds is 6. The maximum Gasteiger partial charge on any atom is 0.232 e. The molecule has 0 aromatic heterocycles. The Hall–Kier alpha value is -2.14. The molecule has 2 aromatic rings. The standard InChI is InChI=1S/C17H19NO3S/c1-22(20,21)13-12-18-17(19)16(14-8-4-2-5-9-14)15-10-6-3-7-11-15/h2-11,16H,12-13H2,1H3,(H,18,19). The highest BCUT2D eigenvalue weighted by Gasteiger charge is 2.22. The zero-order valence-corrected chi connectivity index (χ0v) is 13.2. The van der Waals surface area contributed by atoms with E-state index >= 15 is 0 Å². The van der Waals surface area contributed by atoms with Crippen LogP contribution in [0, 0.1) is 0 Å². The van der Waals surface area contributed by atoms with Gasteiger partial charge in [-0.1, -0.05) is 60.7 Å². The lowest BCUT2D eigenvalue weighted by molar-refractivity contribution is -0.121. The summed E-state index contributed by atoms with van der Waals surface area (Å²) >= 11 is 0. The second-order valence-corrected chi connectivity index (χ2v) is 7.44. The second kappa shape index (κ2) is 7.22. The van der Waals surface area contributed by atoms with E-state index in [0.29, 0.717) is 0 Å². The van der Waals surface area contributed by atoms with Gasteiger partial charge in [-0.3, -0.25) is 4.79 Å². The molecule has 22 heavy (non-hydrogen) atoms. The summed E-state index contributed by atoms with van der Waals surface area (Å²) in [6, 6.07) is 18.9. The third-order valence-electron chi connectivity index (χ3n) is 3.30. The molecule has 5 heteroatoms. The lowest BCUT2D eigenvalue weighted by atomic mass is 9.90. The molecule has 0 aliphatic rings. The van der Waals surface area contributed by atoms with Gasteiger partial charge in [-0.2, -0.15) is 0 Å². The van der Waals surface area contributed by atoms with Crippen LogP contribution in [-0.2, 0) is 14.6 Å². The predicted octanol–water partition coefficient (Wildman–Crippen LogP) is 1.98. The molecule has 0 bridgehead atoms. The molecule has 2 rings (SSSR count). The first-order valence-corrected chi connectivity index (χ1v) is 9.09. The largest absolute Gasteiger partial charge is 0.354 e. The van der Waals surface area contributed by atoms with Gasteiger partial charge in [0.25, 0.3) is 0 Å². The number of amides is 1. The first-order valence-electron chi connectivity index (χ1n) is 7.03. The fourth-order valence-corrected chi connectivity index (χ4v) is 2.72. The normalized spacial score (nSPS) is 11.4. The van der Waals surface area contributed by atoms with E-state index in [-0.39, 0.29) is 18.2 Å². The molecule has 0 radical (unpaired) electrons. The monoisotopic (exact) mass is 317 g/mol. The molecule has 1 N–H and O–H groups in total. The van der Waals surface area contributed by atoms with Crippen LogP contribution in [0.25, 0.3) is 0 Å². The highest BCUT2D eigenvalue weighted by Crippen LogP contribution is 2.24. The van der Waals surface area contributed by atoms with Crippen LogP contribution < -0.4 is 5.32 Å². The average Bonchev–Trinajstić information content (AvgIpc) is 2.48. The van der Waals surface area contributed by atoms with E-state index < -0.39 is 15.8 Å². The van der Waals surface area contributed by atoms with Crippen molar-refractivity contribution in [1.29, 1.82) is 0 Å². The van der Waals surface area contributed by atoms with Crippen LogP contribution in [0.3, 0.4) is 0 Å². The summed E-state index contributed by atoms with van der Waals surface area (Å²) in [4.78, 5) is 12.5. The van der Waals surface area contributed by atoms with Gasteiger partial charge in [0.2, 0.25) is 5.91 Å². The molecule has 0 unspecified atom stereocenters. The molecule has 0 aliphatic heterocycles. The van der Waals surface area contributed by atoms with Crippen molar-refractivity contribution in [3.05, 3.63) is 71.8 Å². The number of carbonyl (C=O) groups excluding carboxylic acids is 1. The van der Waals surface area contributed by atoms with Crippen molar-refractivity contribution in [2.24, 2.45) is 0 Å². The number of nitrogens with one attached hydrogen (secondary N) is 1. The Labute approximate surface area is 131 Å². The Morgan fingerprint density at radius 3 is 1.82 bits per heavy atom. The van der Waals surface area contributed by atoms with Crippen molar-refractivity contribution in [3.63, 3.8) is 0 Å². The Kier molecular flexibility index (Phi) is 5.33. The van der Waals surface area contributed by atoms with E-state index in [0.717, 1.165) is 17.4 Å². The minimum atomic E-state index is -3.09. The van der Waals surface area contributed by atoms with Crippen LogP contribution >= 0.6 is 0 Å². The van der Waals surface area contributed by atoms with Crippen LogP contribution in [0.1, 0.15) is 17.0 Å². The van der Waals surface area contributed by atoms with Gasteiger partial charge in [-0.05, 0) is 11.1 Å². The summed E-state index contributed by atoms with van der Waals surface area (Å²) in [5.41, 5.74) is 1.76. The van der Waals surface area contributed by atoms with E-state index in [1.807, 2.05) is 60.7 Å². The van der Waals surface area contributed by atoms with Gasteiger partial charge >= 0.3 is 0 Å². The van der Waals surface area contributed by atoms with E-state index in [4.69, 9.17) is 0 Å². The van der Waals surface area contributed by atoms with Crippen LogP contribution in [0.2, 0.25) is 0 Å². The Morgan fingerprint density at radius 1 is 0.955 bits per heavy atom. The summed E-state index contributed by atoms with van der Waals surface area (Å²) < 4.78 is 22.3.